The topological polar surface area (TPSA) is 33.4 Å². The molecule has 0 aliphatic carbocycles. The molecular formula is C22H32O2SiSn. The van der Waals surface area contributed by atoms with E-state index in [-0.39, 0.29) is 5.04 Å². The molecule has 2 aromatic carbocycles. The molecule has 140 valence electrons. The quantitative estimate of drug-likeness (QED) is 0.457. The van der Waals surface area contributed by atoms with E-state index in [9.17, 15) is 5.11 Å². The monoisotopic (exact) mass is 476 g/mol. The van der Waals surface area contributed by atoms with Crippen LogP contribution in [0.25, 0.3) is 21.9 Å². The fourth-order valence-corrected chi connectivity index (χ4v) is 8.37. The summed E-state index contributed by atoms with van der Waals surface area (Å²) in [4.78, 5) is 7.27. The van der Waals surface area contributed by atoms with Crippen LogP contribution in [-0.4, -0.2) is 31.6 Å². The van der Waals surface area contributed by atoms with Crippen LogP contribution in [0.3, 0.4) is 0 Å². The van der Waals surface area contributed by atoms with Gasteiger partial charge in [0.2, 0.25) is 0 Å². The Bertz CT molecular complexity index is 958. The van der Waals surface area contributed by atoms with E-state index in [0.29, 0.717) is 0 Å². The molecule has 1 aromatic heterocycles. The molecule has 0 fully saturated rings. The second-order valence-corrected chi connectivity index (χ2v) is 30.2. The van der Waals surface area contributed by atoms with E-state index in [2.05, 4.69) is 85.1 Å². The molecule has 0 spiro atoms. The van der Waals surface area contributed by atoms with Crippen molar-refractivity contribution in [3.63, 3.8) is 0 Å². The third-order valence-corrected chi connectivity index (χ3v) is 17.7. The molecule has 1 unspecified atom stereocenters. The van der Waals surface area contributed by atoms with Crippen LogP contribution in [0.2, 0.25) is 33.0 Å². The summed E-state index contributed by atoms with van der Waals surface area (Å²) in [7, 11) is -1.89. The zero-order valence-corrected chi connectivity index (χ0v) is 21.3. The van der Waals surface area contributed by atoms with Crippen molar-refractivity contribution in [1.82, 2.24) is 0 Å². The van der Waals surface area contributed by atoms with Gasteiger partial charge in [-0.3, -0.25) is 0 Å². The zero-order valence-electron chi connectivity index (χ0n) is 17.4. The van der Waals surface area contributed by atoms with Gasteiger partial charge in [0.05, 0.1) is 0 Å². The van der Waals surface area contributed by atoms with Crippen molar-refractivity contribution in [3.8, 4) is 0 Å². The summed E-state index contributed by atoms with van der Waals surface area (Å²) in [6.07, 6.45) is 0. The maximum atomic E-state index is 11.1. The molecule has 0 saturated carbocycles. The average Bonchev–Trinajstić information content (AvgIpc) is 2.88. The van der Waals surface area contributed by atoms with Crippen LogP contribution in [0.15, 0.2) is 40.8 Å². The minimum atomic E-state index is -2.12. The second-order valence-electron chi connectivity index (χ2n) is 10.2. The van der Waals surface area contributed by atoms with Gasteiger partial charge in [-0.05, 0) is 0 Å². The molecule has 0 aliphatic rings. The number of fused-ring (bicyclic) bond motifs is 3. The second kappa shape index (κ2) is 6.38. The van der Waals surface area contributed by atoms with Gasteiger partial charge in [0, 0.05) is 0 Å². The Morgan fingerprint density at radius 2 is 1.46 bits per heavy atom. The first-order chi connectivity index (χ1) is 11.8. The number of hydrogen-bond donors (Lipinski definition) is 1. The van der Waals surface area contributed by atoms with Crippen LogP contribution < -0.4 is 3.58 Å². The summed E-state index contributed by atoms with van der Waals surface area (Å²) in [5, 5.41) is 13.5. The van der Waals surface area contributed by atoms with Gasteiger partial charge in [-0.15, -0.1) is 0 Å². The molecule has 0 amide bonds. The van der Waals surface area contributed by atoms with Gasteiger partial charge in [0.15, 0.2) is 0 Å². The van der Waals surface area contributed by atoms with Crippen LogP contribution in [-0.2, 0) is 0 Å². The Morgan fingerprint density at radius 1 is 0.923 bits per heavy atom. The Labute approximate surface area is 162 Å². The Hall–Kier alpha value is -0.784. The molecule has 0 bridgehead atoms. The molecule has 2 nitrogen and oxygen atoms in total. The number of aliphatic hydroxyl groups is 1. The first-order valence-electron chi connectivity index (χ1n) is 9.47. The van der Waals surface area contributed by atoms with Gasteiger partial charge < -0.3 is 0 Å². The van der Waals surface area contributed by atoms with Gasteiger partial charge in [-0.25, -0.2) is 0 Å². The van der Waals surface area contributed by atoms with Crippen LogP contribution in [0.4, 0.5) is 0 Å². The van der Waals surface area contributed by atoms with Gasteiger partial charge in [-0.2, -0.15) is 0 Å². The van der Waals surface area contributed by atoms with Crippen molar-refractivity contribution >= 4 is 52.0 Å². The Kier molecular flexibility index (Phi) is 4.90. The summed E-state index contributed by atoms with van der Waals surface area (Å²) in [5.41, 5.74) is 2.44. The van der Waals surface area contributed by atoms with Crippen LogP contribution in [0.5, 0.6) is 0 Å². The van der Waals surface area contributed by atoms with E-state index in [4.69, 9.17) is 4.42 Å². The summed E-state index contributed by atoms with van der Waals surface area (Å²) in [6, 6.07) is 13.0. The normalized spacial score (nSPS) is 15.0. The van der Waals surface area contributed by atoms with Crippen LogP contribution in [0, 0.1) is 0 Å². The van der Waals surface area contributed by atoms with E-state index in [0.717, 1.165) is 22.1 Å². The minimum absolute atomic E-state index is 0.129. The molecule has 1 atom stereocenters. The molecule has 3 aromatic rings. The van der Waals surface area contributed by atoms with Gasteiger partial charge in [0.25, 0.3) is 0 Å². The molecule has 3 rings (SSSR count). The number of hydrogen-bond acceptors (Lipinski definition) is 2. The van der Waals surface area contributed by atoms with Crippen molar-refractivity contribution in [3.05, 3.63) is 42.0 Å². The molecule has 1 N–H and O–H groups in total. The molecule has 26 heavy (non-hydrogen) atoms. The predicted octanol–water partition coefficient (Wildman–Crippen LogP) is 6.21. The number of benzene rings is 2. The fourth-order valence-electron chi connectivity index (χ4n) is 3.26. The van der Waals surface area contributed by atoms with Crippen molar-refractivity contribution in [2.75, 3.05) is 0 Å². The first kappa shape index (κ1) is 20.0. The Balaban J connectivity index is 2.11. The first-order valence-corrected chi connectivity index (χ1v) is 22.5. The maximum absolute atomic E-state index is 11.1. The number of aliphatic hydroxyl groups excluding tert-OH is 1. The summed E-state index contributed by atoms with van der Waals surface area (Å²) < 4.78 is 7.69. The third-order valence-electron chi connectivity index (χ3n) is 6.30. The van der Waals surface area contributed by atoms with E-state index in [1.807, 2.05) is 0 Å². The van der Waals surface area contributed by atoms with Gasteiger partial charge in [-0.1, -0.05) is 0 Å². The summed E-state index contributed by atoms with van der Waals surface area (Å²) in [6.45, 7) is 11.2. The van der Waals surface area contributed by atoms with Crippen LogP contribution >= 0.6 is 0 Å². The molecule has 0 radical (unpaired) electrons. The third kappa shape index (κ3) is 3.38. The standard InChI is InChI=1S/C19H23O2Si.3CH3.Sn/c1-19(2,3)22(4,5)18(20)13-10-11-15-14-8-6-7-9-16(14)21-17(15)12-13;;;;/h6,8-12,18,20H,1-5H3;3*1H3;. The van der Waals surface area contributed by atoms with E-state index < -0.39 is 32.2 Å². The Morgan fingerprint density at radius 3 is 2.00 bits per heavy atom. The van der Waals surface area contributed by atoms with E-state index >= 15 is 0 Å². The molecular weight excluding hydrogens is 443 g/mol. The number of furan rings is 1. The zero-order chi connectivity index (χ0) is 19.5. The molecule has 4 heteroatoms. The van der Waals surface area contributed by atoms with Crippen molar-refractivity contribution in [2.24, 2.45) is 0 Å². The molecule has 1 heterocycles. The van der Waals surface area contributed by atoms with Crippen molar-refractivity contribution < 1.29 is 9.52 Å². The fraction of sp³-hybridized carbons (Fsp3) is 0.455. The van der Waals surface area contributed by atoms with E-state index in [1.165, 1.54) is 8.97 Å². The van der Waals surface area contributed by atoms with Crippen molar-refractivity contribution in [1.29, 1.82) is 0 Å². The number of rotatable bonds is 3. The van der Waals surface area contributed by atoms with Crippen LogP contribution in [0.1, 0.15) is 32.1 Å². The predicted molar refractivity (Wildman–Crippen MR) is 119 cm³/mol. The van der Waals surface area contributed by atoms with E-state index in [1.54, 1.807) is 0 Å². The summed E-state index contributed by atoms with van der Waals surface area (Å²) in [5.74, 6) is 0. The van der Waals surface area contributed by atoms with Gasteiger partial charge >= 0.3 is 163 Å². The molecule has 0 aliphatic heterocycles. The molecule has 0 saturated heterocycles. The van der Waals surface area contributed by atoms with Gasteiger partial charge in [0.1, 0.15) is 0 Å². The summed E-state index contributed by atoms with van der Waals surface area (Å²) >= 11 is -2.12. The van der Waals surface area contributed by atoms with Crippen molar-refractivity contribution in [2.45, 2.75) is 59.4 Å². The average molecular weight is 475 g/mol. The SMILES string of the molecule is CC(C)(C)[Si](C)(C)C(O)c1ccc2c(c1)oc1c[c]([Sn]([CH3])([CH3])[CH3])ccc12.